The highest BCUT2D eigenvalue weighted by molar-refractivity contribution is 9.11. The number of esters is 1. The number of non-ortho nitro benzene ring substituents is 1. The number of H-pyrrole nitrogens is 1. The number of carbonyl (C=O) groups excluding carboxylic acids is 2. The van der Waals surface area contributed by atoms with Crippen LogP contribution in [-0.4, -0.2) is 28.0 Å². The van der Waals surface area contributed by atoms with Gasteiger partial charge in [-0.05, 0) is 64.0 Å². The Bertz CT molecular complexity index is 1840. The van der Waals surface area contributed by atoms with E-state index in [2.05, 4.69) is 47.4 Å². The first-order chi connectivity index (χ1) is 19.7. The smallest absolute Gasteiger partial charge is 0.343 e. The van der Waals surface area contributed by atoms with Crippen molar-refractivity contribution in [2.75, 3.05) is 0 Å². The number of nitro groups is 1. The van der Waals surface area contributed by atoms with Crippen molar-refractivity contribution in [2.24, 2.45) is 5.10 Å². The molecule has 1 amide bonds. The van der Waals surface area contributed by atoms with E-state index in [9.17, 15) is 19.7 Å². The molecule has 12 heteroatoms. The van der Waals surface area contributed by atoms with Crippen LogP contribution in [0.1, 0.15) is 26.4 Å². The lowest BCUT2D eigenvalue weighted by atomic mass is 10.0. The Morgan fingerprint density at radius 1 is 1.00 bits per heavy atom. The van der Waals surface area contributed by atoms with Gasteiger partial charge in [0.2, 0.25) is 0 Å². The van der Waals surface area contributed by atoms with E-state index >= 15 is 0 Å². The van der Waals surface area contributed by atoms with Crippen molar-refractivity contribution >= 4 is 78.1 Å². The quantitative estimate of drug-likeness (QED) is 0.0588. The standard InChI is InChI=1S/C29H17Br2ClN4O5/c30-19-12-18(27(23(31)13-19)41-29(38)17-6-9-21(10-7-17)36(39)40)15-33-35-28(37)26-25(16-4-2-1-3-5-16)22-14-20(32)8-11-24(22)34-26/h1-15,34H,(H,35,37). The number of benzene rings is 4. The lowest BCUT2D eigenvalue weighted by molar-refractivity contribution is -0.384. The maximum atomic E-state index is 13.3. The average Bonchev–Trinajstić information content (AvgIpc) is 3.34. The molecule has 0 unspecified atom stereocenters. The highest BCUT2D eigenvalue weighted by Crippen LogP contribution is 2.35. The zero-order valence-electron chi connectivity index (χ0n) is 20.7. The molecule has 0 bridgehead atoms. The van der Waals surface area contributed by atoms with Crippen molar-refractivity contribution in [1.29, 1.82) is 0 Å². The Labute approximate surface area is 254 Å². The maximum Gasteiger partial charge on any atom is 0.343 e. The Morgan fingerprint density at radius 2 is 1.73 bits per heavy atom. The molecular weight excluding hydrogens is 680 g/mol. The third-order valence-electron chi connectivity index (χ3n) is 5.97. The zero-order valence-corrected chi connectivity index (χ0v) is 24.7. The topological polar surface area (TPSA) is 127 Å². The number of ether oxygens (including phenoxy) is 1. The van der Waals surface area contributed by atoms with E-state index in [1.165, 1.54) is 30.5 Å². The fourth-order valence-corrected chi connectivity index (χ4v) is 5.62. The molecule has 5 rings (SSSR count). The first kappa shape index (κ1) is 28.2. The van der Waals surface area contributed by atoms with Gasteiger partial charge < -0.3 is 9.72 Å². The molecule has 2 N–H and O–H groups in total. The Kier molecular flexibility index (Phi) is 8.29. The molecule has 0 atom stereocenters. The van der Waals surface area contributed by atoms with Gasteiger partial charge in [0.15, 0.2) is 5.75 Å². The highest BCUT2D eigenvalue weighted by Gasteiger charge is 2.20. The normalized spacial score (nSPS) is 11.1. The van der Waals surface area contributed by atoms with E-state index in [1.54, 1.807) is 30.3 Å². The van der Waals surface area contributed by atoms with E-state index < -0.39 is 16.8 Å². The van der Waals surface area contributed by atoms with Gasteiger partial charge in [-0.1, -0.05) is 57.9 Å². The van der Waals surface area contributed by atoms with Crippen LogP contribution in [0.5, 0.6) is 5.75 Å². The molecule has 4 aromatic carbocycles. The zero-order chi connectivity index (χ0) is 29.1. The molecule has 1 heterocycles. The number of hydrazone groups is 1. The summed E-state index contributed by atoms with van der Waals surface area (Å²) in [5, 5.41) is 16.3. The van der Waals surface area contributed by atoms with Crippen molar-refractivity contribution < 1.29 is 19.2 Å². The van der Waals surface area contributed by atoms with Crippen molar-refractivity contribution in [1.82, 2.24) is 10.4 Å². The van der Waals surface area contributed by atoms with E-state index in [4.69, 9.17) is 16.3 Å². The second kappa shape index (κ2) is 12.0. The van der Waals surface area contributed by atoms with Crippen molar-refractivity contribution in [3.8, 4) is 16.9 Å². The largest absolute Gasteiger partial charge is 0.421 e. The predicted molar refractivity (Wildman–Crippen MR) is 164 cm³/mol. The van der Waals surface area contributed by atoms with Gasteiger partial charge in [-0.2, -0.15) is 5.10 Å². The molecule has 9 nitrogen and oxygen atoms in total. The monoisotopic (exact) mass is 694 g/mol. The number of rotatable bonds is 7. The Hall–Kier alpha value is -4.32. The SMILES string of the molecule is O=C(Oc1c(Br)cc(Br)cc1C=NNC(=O)c1[nH]c2ccc(Cl)cc2c1-c1ccccc1)c1ccc([N+](=O)[O-])cc1. The third-order valence-corrected chi connectivity index (χ3v) is 7.25. The summed E-state index contributed by atoms with van der Waals surface area (Å²) in [7, 11) is 0. The molecule has 0 fully saturated rings. The van der Waals surface area contributed by atoms with E-state index in [-0.39, 0.29) is 17.0 Å². The van der Waals surface area contributed by atoms with Crippen LogP contribution in [0, 0.1) is 10.1 Å². The van der Waals surface area contributed by atoms with Crippen LogP contribution in [0.4, 0.5) is 5.69 Å². The van der Waals surface area contributed by atoms with Crippen LogP contribution in [0.15, 0.2) is 99.0 Å². The molecule has 5 aromatic rings. The van der Waals surface area contributed by atoms with Crippen molar-refractivity contribution in [2.45, 2.75) is 0 Å². The molecule has 0 aliphatic carbocycles. The molecule has 1 aromatic heterocycles. The van der Waals surface area contributed by atoms with Gasteiger partial charge >= 0.3 is 5.97 Å². The number of hydrogen-bond donors (Lipinski definition) is 2. The number of nitrogens with one attached hydrogen (secondary N) is 2. The molecule has 41 heavy (non-hydrogen) atoms. The van der Waals surface area contributed by atoms with Crippen LogP contribution in [0.25, 0.3) is 22.0 Å². The van der Waals surface area contributed by atoms with Crippen LogP contribution >= 0.6 is 43.5 Å². The van der Waals surface area contributed by atoms with Crippen LogP contribution in [0.3, 0.4) is 0 Å². The number of carbonyl (C=O) groups is 2. The summed E-state index contributed by atoms with van der Waals surface area (Å²) in [5.41, 5.74) is 5.41. The minimum atomic E-state index is -0.731. The number of halogens is 3. The van der Waals surface area contributed by atoms with Crippen molar-refractivity contribution in [3.63, 3.8) is 0 Å². The highest BCUT2D eigenvalue weighted by atomic mass is 79.9. The lowest BCUT2D eigenvalue weighted by Gasteiger charge is -2.10. The number of aromatic nitrogens is 1. The average molecular weight is 697 g/mol. The number of aromatic amines is 1. The number of hydrogen-bond acceptors (Lipinski definition) is 6. The third kappa shape index (κ3) is 6.22. The van der Waals surface area contributed by atoms with Gasteiger partial charge in [-0.25, -0.2) is 10.2 Å². The minimum Gasteiger partial charge on any atom is -0.421 e. The Balaban J connectivity index is 1.42. The molecule has 0 saturated carbocycles. The summed E-state index contributed by atoms with van der Waals surface area (Å²) in [6.45, 7) is 0. The lowest BCUT2D eigenvalue weighted by Crippen LogP contribution is -2.19. The molecular formula is C29H17Br2ClN4O5. The summed E-state index contributed by atoms with van der Waals surface area (Å²) in [4.78, 5) is 39.6. The van der Waals surface area contributed by atoms with E-state index in [0.29, 0.717) is 30.8 Å². The molecule has 0 saturated heterocycles. The molecule has 0 spiro atoms. The second-order valence-corrected chi connectivity index (χ2v) is 10.8. The van der Waals surface area contributed by atoms with Crippen LogP contribution in [0.2, 0.25) is 5.02 Å². The molecule has 204 valence electrons. The van der Waals surface area contributed by atoms with Gasteiger partial charge in [-0.15, -0.1) is 0 Å². The summed E-state index contributed by atoms with van der Waals surface area (Å²) in [6, 6.07) is 23.1. The number of amides is 1. The van der Waals surface area contributed by atoms with Crippen LogP contribution < -0.4 is 10.2 Å². The van der Waals surface area contributed by atoms with E-state index in [0.717, 1.165) is 16.5 Å². The van der Waals surface area contributed by atoms with Gasteiger partial charge in [0.05, 0.1) is 21.2 Å². The molecule has 0 aliphatic rings. The van der Waals surface area contributed by atoms with Crippen molar-refractivity contribution in [3.05, 3.63) is 126 Å². The fourth-order valence-electron chi connectivity index (χ4n) is 4.11. The second-order valence-electron chi connectivity index (χ2n) is 8.63. The molecule has 0 radical (unpaired) electrons. The summed E-state index contributed by atoms with van der Waals surface area (Å²) < 4.78 is 6.69. The summed E-state index contributed by atoms with van der Waals surface area (Å²) in [5.74, 6) is -1.09. The number of fused-ring (bicyclic) bond motifs is 1. The first-order valence-electron chi connectivity index (χ1n) is 11.9. The minimum absolute atomic E-state index is 0.119. The summed E-state index contributed by atoms with van der Waals surface area (Å²) >= 11 is 13.0. The molecule has 0 aliphatic heterocycles. The predicted octanol–water partition coefficient (Wildman–Crippen LogP) is 7.90. The number of nitro benzene ring substituents is 1. The van der Waals surface area contributed by atoms with E-state index in [1.807, 2.05) is 30.3 Å². The van der Waals surface area contributed by atoms with Gasteiger partial charge in [0, 0.05) is 43.7 Å². The van der Waals surface area contributed by atoms with Gasteiger partial charge in [0.25, 0.3) is 11.6 Å². The van der Waals surface area contributed by atoms with Crippen LogP contribution in [-0.2, 0) is 0 Å². The first-order valence-corrected chi connectivity index (χ1v) is 13.8. The van der Waals surface area contributed by atoms with Gasteiger partial charge in [0.1, 0.15) is 5.69 Å². The fraction of sp³-hybridized carbons (Fsp3) is 0. The maximum absolute atomic E-state index is 13.3. The summed E-state index contributed by atoms with van der Waals surface area (Å²) in [6.07, 6.45) is 1.34. The Morgan fingerprint density at radius 3 is 2.44 bits per heavy atom. The number of nitrogens with zero attached hydrogens (tertiary/aromatic N) is 2. The van der Waals surface area contributed by atoms with Gasteiger partial charge in [-0.3, -0.25) is 14.9 Å².